The molecule has 0 aromatic heterocycles. The number of aryl methyl sites for hydroxylation is 1. The van der Waals surface area contributed by atoms with Crippen LogP contribution in [0.4, 0.5) is 15.8 Å². The van der Waals surface area contributed by atoms with Crippen LogP contribution in [-0.4, -0.2) is 35.1 Å². The molecule has 3 aromatic rings. The fourth-order valence-electron chi connectivity index (χ4n) is 3.04. The zero-order valence-corrected chi connectivity index (χ0v) is 18.6. The summed E-state index contributed by atoms with van der Waals surface area (Å²) < 4.78 is 52.3. The molecule has 0 saturated carbocycles. The third-order valence-corrected chi connectivity index (χ3v) is 6.46. The first-order valence-electron chi connectivity index (χ1n) is 9.62. The summed E-state index contributed by atoms with van der Waals surface area (Å²) in [5.41, 5.74) is 1.01. The number of hydrogen-bond donors (Lipinski definition) is 1. The number of nitrogens with one attached hydrogen (secondary N) is 1. The summed E-state index contributed by atoms with van der Waals surface area (Å²) in [5.74, 6) is -0.553. The highest BCUT2D eigenvalue weighted by molar-refractivity contribution is 7.92. The van der Waals surface area contributed by atoms with Gasteiger partial charge in [0.2, 0.25) is 5.91 Å². The molecule has 0 spiro atoms. The molecule has 0 aliphatic heterocycles. The maximum absolute atomic E-state index is 14.5. The number of carbonyl (C=O) groups excluding carboxylic acids is 1. The molecule has 32 heavy (non-hydrogen) atoms. The molecule has 0 aliphatic carbocycles. The number of hydrogen-bond acceptors (Lipinski definition) is 5. The van der Waals surface area contributed by atoms with Crippen LogP contribution >= 0.6 is 0 Å². The number of methoxy groups -OCH3 is 2. The summed E-state index contributed by atoms with van der Waals surface area (Å²) in [6.45, 7) is 1.19. The first-order chi connectivity index (χ1) is 15.3. The molecule has 0 fully saturated rings. The number of benzene rings is 3. The lowest BCUT2D eigenvalue weighted by Gasteiger charge is -2.24. The van der Waals surface area contributed by atoms with Gasteiger partial charge in [-0.2, -0.15) is 0 Å². The van der Waals surface area contributed by atoms with Crippen molar-refractivity contribution in [3.8, 4) is 11.5 Å². The largest absolute Gasteiger partial charge is 0.493 e. The highest BCUT2D eigenvalue weighted by atomic mass is 32.2. The summed E-state index contributed by atoms with van der Waals surface area (Å²) in [6.07, 6.45) is 0. The average molecular weight is 459 g/mol. The van der Waals surface area contributed by atoms with Gasteiger partial charge in [-0.25, -0.2) is 12.8 Å². The van der Waals surface area contributed by atoms with Crippen molar-refractivity contribution >= 4 is 27.3 Å². The second-order valence-electron chi connectivity index (χ2n) is 6.89. The van der Waals surface area contributed by atoms with Gasteiger partial charge in [0.05, 0.1) is 24.8 Å². The Bertz CT molecular complexity index is 1210. The van der Waals surface area contributed by atoms with Gasteiger partial charge in [0.25, 0.3) is 10.0 Å². The normalized spacial score (nSPS) is 11.0. The van der Waals surface area contributed by atoms with Crippen LogP contribution < -0.4 is 19.1 Å². The molecule has 0 aliphatic rings. The minimum Gasteiger partial charge on any atom is -0.493 e. The molecular weight excluding hydrogens is 435 g/mol. The molecule has 3 aromatic carbocycles. The summed E-state index contributed by atoms with van der Waals surface area (Å²) >= 11 is 0. The Morgan fingerprint density at radius 3 is 2.25 bits per heavy atom. The summed E-state index contributed by atoms with van der Waals surface area (Å²) in [6, 6.07) is 16.2. The van der Waals surface area contributed by atoms with E-state index < -0.39 is 28.3 Å². The lowest BCUT2D eigenvalue weighted by molar-refractivity contribution is -0.114. The topological polar surface area (TPSA) is 84.9 Å². The van der Waals surface area contributed by atoms with Crippen molar-refractivity contribution in [1.82, 2.24) is 0 Å². The van der Waals surface area contributed by atoms with Gasteiger partial charge in [0.1, 0.15) is 12.4 Å². The smallest absolute Gasteiger partial charge is 0.264 e. The predicted molar refractivity (Wildman–Crippen MR) is 120 cm³/mol. The molecule has 1 N–H and O–H groups in total. The van der Waals surface area contributed by atoms with Crippen LogP contribution in [0.5, 0.6) is 11.5 Å². The number of carbonyl (C=O) groups is 1. The van der Waals surface area contributed by atoms with Gasteiger partial charge in [-0.3, -0.25) is 9.10 Å². The number of rotatable bonds is 8. The van der Waals surface area contributed by atoms with Gasteiger partial charge in [0.15, 0.2) is 11.5 Å². The number of sulfonamides is 1. The van der Waals surface area contributed by atoms with Gasteiger partial charge in [-0.15, -0.1) is 0 Å². The third kappa shape index (κ3) is 5.00. The zero-order chi connectivity index (χ0) is 23.3. The predicted octanol–water partition coefficient (Wildman–Crippen LogP) is 3.99. The van der Waals surface area contributed by atoms with Crippen LogP contribution in [0, 0.1) is 12.7 Å². The van der Waals surface area contributed by atoms with Crippen LogP contribution in [0.15, 0.2) is 71.6 Å². The van der Waals surface area contributed by atoms with E-state index in [0.29, 0.717) is 17.2 Å². The first kappa shape index (κ1) is 23.1. The fraction of sp³-hybridized carbons (Fsp3) is 0.174. The molecule has 3 rings (SSSR count). The SMILES string of the molecule is COc1ccc(NC(=O)CN(c2ccccc2F)S(=O)(=O)c2ccc(C)cc2)cc1OC. The molecule has 1 amide bonds. The molecule has 0 radical (unpaired) electrons. The molecule has 0 atom stereocenters. The van der Waals surface area contributed by atoms with Crippen molar-refractivity contribution < 1.29 is 27.1 Å². The van der Waals surface area contributed by atoms with Crippen LogP contribution in [0.25, 0.3) is 0 Å². The van der Waals surface area contributed by atoms with Crippen molar-refractivity contribution in [3.63, 3.8) is 0 Å². The molecule has 0 heterocycles. The van der Waals surface area contributed by atoms with Crippen molar-refractivity contribution in [3.05, 3.63) is 78.1 Å². The summed E-state index contributed by atoms with van der Waals surface area (Å²) in [7, 11) is -1.28. The van der Waals surface area contributed by atoms with E-state index in [4.69, 9.17) is 9.47 Å². The third-order valence-electron chi connectivity index (χ3n) is 4.68. The van der Waals surface area contributed by atoms with E-state index >= 15 is 0 Å². The maximum atomic E-state index is 14.5. The van der Waals surface area contributed by atoms with Crippen LogP contribution in [0.2, 0.25) is 0 Å². The molecule has 0 bridgehead atoms. The Morgan fingerprint density at radius 2 is 1.62 bits per heavy atom. The van der Waals surface area contributed by atoms with E-state index in [-0.39, 0.29) is 10.6 Å². The maximum Gasteiger partial charge on any atom is 0.264 e. The van der Waals surface area contributed by atoms with Gasteiger partial charge < -0.3 is 14.8 Å². The Labute approximate surface area is 186 Å². The second-order valence-corrected chi connectivity index (χ2v) is 8.76. The van der Waals surface area contributed by atoms with E-state index in [2.05, 4.69) is 5.32 Å². The quantitative estimate of drug-likeness (QED) is 0.552. The number of para-hydroxylation sites is 1. The number of halogens is 1. The van der Waals surface area contributed by atoms with Crippen molar-refractivity contribution in [2.75, 3.05) is 30.4 Å². The van der Waals surface area contributed by atoms with Crippen molar-refractivity contribution in [1.29, 1.82) is 0 Å². The Balaban J connectivity index is 1.94. The van der Waals surface area contributed by atoms with E-state index in [9.17, 15) is 17.6 Å². The van der Waals surface area contributed by atoms with E-state index in [1.165, 1.54) is 44.6 Å². The zero-order valence-electron chi connectivity index (χ0n) is 17.8. The van der Waals surface area contributed by atoms with Crippen LogP contribution in [-0.2, 0) is 14.8 Å². The number of amides is 1. The fourth-order valence-corrected chi connectivity index (χ4v) is 4.46. The Kier molecular flexibility index (Phi) is 6.99. The van der Waals surface area contributed by atoms with E-state index in [0.717, 1.165) is 15.9 Å². The molecule has 0 saturated heterocycles. The number of nitrogens with zero attached hydrogens (tertiary/aromatic N) is 1. The summed E-state index contributed by atoms with van der Waals surface area (Å²) in [5, 5.41) is 2.62. The highest BCUT2D eigenvalue weighted by Gasteiger charge is 2.29. The highest BCUT2D eigenvalue weighted by Crippen LogP contribution is 2.30. The van der Waals surface area contributed by atoms with Gasteiger partial charge >= 0.3 is 0 Å². The molecule has 9 heteroatoms. The van der Waals surface area contributed by atoms with E-state index in [1.54, 1.807) is 30.3 Å². The van der Waals surface area contributed by atoms with Gasteiger partial charge in [0, 0.05) is 11.8 Å². The lowest BCUT2D eigenvalue weighted by atomic mass is 10.2. The van der Waals surface area contributed by atoms with Gasteiger partial charge in [-0.1, -0.05) is 29.8 Å². The Morgan fingerprint density at radius 1 is 0.969 bits per heavy atom. The summed E-state index contributed by atoms with van der Waals surface area (Å²) in [4.78, 5) is 12.7. The molecule has 7 nitrogen and oxygen atoms in total. The standard InChI is InChI=1S/C23H23FN2O5S/c1-16-8-11-18(12-9-16)32(28,29)26(20-7-5-4-6-19(20)24)15-23(27)25-17-10-13-21(30-2)22(14-17)31-3/h4-14H,15H2,1-3H3,(H,25,27). The minimum atomic E-state index is -4.22. The molecule has 0 unspecified atom stereocenters. The molecular formula is C23H23FN2O5S. The van der Waals surface area contributed by atoms with Crippen LogP contribution in [0.1, 0.15) is 5.56 Å². The number of ether oxygens (including phenoxy) is 2. The van der Waals surface area contributed by atoms with Gasteiger partial charge in [-0.05, 0) is 43.3 Å². The van der Waals surface area contributed by atoms with Crippen molar-refractivity contribution in [2.24, 2.45) is 0 Å². The molecule has 168 valence electrons. The van der Waals surface area contributed by atoms with Crippen molar-refractivity contribution in [2.45, 2.75) is 11.8 Å². The monoisotopic (exact) mass is 458 g/mol. The lowest BCUT2D eigenvalue weighted by Crippen LogP contribution is -2.38. The number of anilines is 2. The van der Waals surface area contributed by atoms with E-state index in [1.807, 2.05) is 6.92 Å². The second kappa shape index (κ2) is 9.69. The Hall–Kier alpha value is -3.59. The van der Waals surface area contributed by atoms with Crippen LogP contribution in [0.3, 0.4) is 0 Å². The minimum absolute atomic E-state index is 0.0507. The first-order valence-corrected chi connectivity index (χ1v) is 11.1. The average Bonchev–Trinajstić information content (AvgIpc) is 2.78.